The first kappa shape index (κ1) is 10.9. The molecule has 1 rings (SSSR count). The molecule has 1 heterocycles. The van der Waals surface area contributed by atoms with E-state index < -0.39 is 15.9 Å². The summed E-state index contributed by atoms with van der Waals surface area (Å²) in [6.07, 6.45) is 1.56. The molecule has 0 amide bonds. The Morgan fingerprint density at radius 1 is 1.50 bits per heavy atom. The first-order chi connectivity index (χ1) is 6.46. The van der Waals surface area contributed by atoms with Crippen molar-refractivity contribution >= 4 is 10.1 Å². The second-order valence-corrected chi connectivity index (χ2v) is 4.56. The molecule has 0 aliphatic rings. The van der Waals surface area contributed by atoms with Crippen molar-refractivity contribution in [2.45, 2.75) is 5.75 Å². The fourth-order valence-corrected chi connectivity index (χ4v) is 1.73. The average Bonchev–Trinajstić information content (AvgIpc) is 2.13. The zero-order valence-corrected chi connectivity index (χ0v) is 8.74. The molecule has 14 heavy (non-hydrogen) atoms. The van der Waals surface area contributed by atoms with Crippen LogP contribution in [0.2, 0.25) is 0 Å². The third-order valence-corrected chi connectivity index (χ3v) is 2.96. The zero-order valence-electron chi connectivity index (χ0n) is 7.93. The van der Waals surface area contributed by atoms with Crippen LogP contribution in [0, 0.1) is 0 Å². The van der Waals surface area contributed by atoms with Crippen LogP contribution in [-0.2, 0) is 27.1 Å². The summed E-state index contributed by atoms with van der Waals surface area (Å²) in [6, 6.07) is 3.08. The number of pyridine rings is 1. The summed E-state index contributed by atoms with van der Waals surface area (Å²) in [6.45, 7) is 0. The van der Waals surface area contributed by atoms with Gasteiger partial charge in [-0.1, -0.05) is 6.07 Å². The van der Waals surface area contributed by atoms with Gasteiger partial charge in [-0.15, -0.1) is 0 Å². The van der Waals surface area contributed by atoms with Crippen LogP contribution < -0.4 is 5.56 Å². The Bertz CT molecular complexity index is 474. The predicted octanol–water partition coefficient (Wildman–Crippen LogP) is -0.138. The van der Waals surface area contributed by atoms with E-state index in [0.717, 1.165) is 7.11 Å². The Balaban J connectivity index is 3.11. The van der Waals surface area contributed by atoms with Crippen molar-refractivity contribution in [3.05, 3.63) is 34.2 Å². The van der Waals surface area contributed by atoms with Crippen LogP contribution in [-0.4, -0.2) is 20.1 Å². The van der Waals surface area contributed by atoms with Crippen LogP contribution in [0.3, 0.4) is 0 Å². The summed E-state index contributed by atoms with van der Waals surface area (Å²) in [5.74, 6) is -0.392. The Morgan fingerprint density at radius 2 is 2.14 bits per heavy atom. The van der Waals surface area contributed by atoms with Gasteiger partial charge >= 0.3 is 0 Å². The summed E-state index contributed by atoms with van der Waals surface area (Å²) >= 11 is 0. The van der Waals surface area contributed by atoms with Crippen molar-refractivity contribution in [3.63, 3.8) is 0 Å². The van der Waals surface area contributed by atoms with Gasteiger partial charge in [-0.25, -0.2) is 0 Å². The van der Waals surface area contributed by atoms with Gasteiger partial charge in [0.05, 0.1) is 7.11 Å². The standard InChI is InChI=1S/C8H11NO4S/c1-9-5-3-4-7(8(9)10)6-14(11,12)13-2/h3-5H,6H2,1-2H3. The van der Waals surface area contributed by atoms with E-state index in [1.807, 2.05) is 0 Å². The lowest BCUT2D eigenvalue weighted by Gasteiger charge is -2.02. The molecule has 0 saturated heterocycles. The van der Waals surface area contributed by atoms with E-state index in [9.17, 15) is 13.2 Å². The van der Waals surface area contributed by atoms with Crippen molar-refractivity contribution in [2.75, 3.05) is 7.11 Å². The van der Waals surface area contributed by atoms with E-state index in [-0.39, 0.29) is 11.1 Å². The molecule has 0 atom stereocenters. The molecule has 0 unspecified atom stereocenters. The van der Waals surface area contributed by atoms with Gasteiger partial charge in [0.1, 0.15) is 5.75 Å². The van der Waals surface area contributed by atoms with Crippen LogP contribution in [0.1, 0.15) is 5.56 Å². The molecule has 5 nitrogen and oxygen atoms in total. The average molecular weight is 217 g/mol. The highest BCUT2D eigenvalue weighted by Gasteiger charge is 2.12. The van der Waals surface area contributed by atoms with Gasteiger partial charge in [-0.05, 0) is 6.07 Å². The monoisotopic (exact) mass is 217 g/mol. The van der Waals surface area contributed by atoms with Crippen molar-refractivity contribution in [2.24, 2.45) is 7.05 Å². The predicted molar refractivity (Wildman–Crippen MR) is 51.3 cm³/mol. The molecule has 78 valence electrons. The molecule has 1 aromatic heterocycles. The van der Waals surface area contributed by atoms with E-state index in [0.29, 0.717) is 0 Å². The van der Waals surface area contributed by atoms with E-state index >= 15 is 0 Å². The van der Waals surface area contributed by atoms with Crippen molar-refractivity contribution in [1.29, 1.82) is 0 Å². The maximum absolute atomic E-state index is 11.4. The molecular formula is C8H11NO4S. The minimum absolute atomic E-state index is 0.205. The molecule has 6 heteroatoms. The number of hydrogen-bond donors (Lipinski definition) is 0. The molecule has 0 aromatic carbocycles. The van der Waals surface area contributed by atoms with Crippen LogP contribution in [0.4, 0.5) is 0 Å². The van der Waals surface area contributed by atoms with Crippen molar-refractivity contribution in [3.8, 4) is 0 Å². The van der Waals surface area contributed by atoms with E-state index in [4.69, 9.17) is 0 Å². The molecule has 0 spiro atoms. The first-order valence-electron chi connectivity index (χ1n) is 3.89. The molecule has 0 aliphatic heterocycles. The first-order valence-corrected chi connectivity index (χ1v) is 5.47. The molecule has 0 aliphatic carbocycles. The molecule has 0 fully saturated rings. The smallest absolute Gasteiger partial charge is 0.271 e. The van der Waals surface area contributed by atoms with Crippen molar-refractivity contribution in [1.82, 2.24) is 4.57 Å². The maximum atomic E-state index is 11.4. The number of nitrogens with zero attached hydrogens (tertiary/aromatic N) is 1. The number of hydrogen-bond acceptors (Lipinski definition) is 4. The summed E-state index contributed by atoms with van der Waals surface area (Å²) in [5.41, 5.74) is -0.120. The minimum atomic E-state index is -3.63. The van der Waals surface area contributed by atoms with Crippen LogP contribution >= 0.6 is 0 Å². The van der Waals surface area contributed by atoms with Gasteiger partial charge in [-0.2, -0.15) is 8.42 Å². The largest absolute Gasteiger partial charge is 0.318 e. The van der Waals surface area contributed by atoms with Crippen LogP contribution in [0.15, 0.2) is 23.1 Å². The van der Waals surface area contributed by atoms with Gasteiger partial charge in [0.2, 0.25) is 0 Å². The third kappa shape index (κ3) is 2.43. The molecule has 0 saturated carbocycles. The van der Waals surface area contributed by atoms with E-state index in [1.54, 1.807) is 19.3 Å². The Labute approximate surface area is 82.1 Å². The van der Waals surface area contributed by atoms with Gasteiger partial charge in [0, 0.05) is 18.8 Å². The zero-order chi connectivity index (χ0) is 10.8. The normalized spacial score (nSPS) is 11.6. The molecule has 0 radical (unpaired) electrons. The molecule has 0 bridgehead atoms. The van der Waals surface area contributed by atoms with E-state index in [2.05, 4.69) is 4.18 Å². The fraction of sp³-hybridized carbons (Fsp3) is 0.375. The Kier molecular flexibility index (Phi) is 3.07. The summed E-state index contributed by atoms with van der Waals surface area (Å²) < 4.78 is 27.7. The SMILES string of the molecule is COS(=O)(=O)Cc1cccn(C)c1=O. The van der Waals surface area contributed by atoms with Gasteiger partial charge < -0.3 is 4.57 Å². The van der Waals surface area contributed by atoms with E-state index in [1.165, 1.54) is 10.6 Å². The Hall–Kier alpha value is -1.14. The lowest BCUT2D eigenvalue weighted by atomic mass is 10.3. The van der Waals surface area contributed by atoms with Gasteiger partial charge in [-0.3, -0.25) is 8.98 Å². The highest BCUT2D eigenvalue weighted by molar-refractivity contribution is 7.85. The second kappa shape index (κ2) is 3.93. The topological polar surface area (TPSA) is 65.4 Å². The third-order valence-electron chi connectivity index (χ3n) is 1.79. The van der Waals surface area contributed by atoms with Crippen LogP contribution in [0.25, 0.3) is 0 Å². The number of aromatic nitrogens is 1. The maximum Gasteiger partial charge on any atom is 0.271 e. The fourth-order valence-electron chi connectivity index (χ4n) is 1.01. The molecule has 1 aromatic rings. The molecular weight excluding hydrogens is 206 g/mol. The quantitative estimate of drug-likeness (QED) is 0.661. The van der Waals surface area contributed by atoms with Crippen LogP contribution in [0.5, 0.6) is 0 Å². The Morgan fingerprint density at radius 3 is 2.71 bits per heavy atom. The highest BCUT2D eigenvalue weighted by Crippen LogP contribution is 2.01. The second-order valence-electron chi connectivity index (χ2n) is 2.82. The lowest BCUT2D eigenvalue weighted by Crippen LogP contribution is -2.22. The lowest BCUT2D eigenvalue weighted by molar-refractivity contribution is 0.396. The summed E-state index contributed by atoms with van der Waals surface area (Å²) in [7, 11) is -0.992. The highest BCUT2D eigenvalue weighted by atomic mass is 32.2. The minimum Gasteiger partial charge on any atom is -0.318 e. The summed E-state index contributed by atoms with van der Waals surface area (Å²) in [5, 5.41) is 0. The number of rotatable bonds is 3. The number of aryl methyl sites for hydroxylation is 1. The van der Waals surface area contributed by atoms with Gasteiger partial charge in [0.25, 0.3) is 15.7 Å². The summed E-state index contributed by atoms with van der Waals surface area (Å²) in [4.78, 5) is 11.4. The molecule has 0 N–H and O–H groups in total. The van der Waals surface area contributed by atoms with Gasteiger partial charge in [0.15, 0.2) is 0 Å². The van der Waals surface area contributed by atoms with Crippen molar-refractivity contribution < 1.29 is 12.6 Å².